The molecule has 8 heteroatoms. The normalized spacial score (nSPS) is 14.7. The van der Waals surface area contributed by atoms with E-state index in [2.05, 4.69) is 36.6 Å². The third-order valence-electron chi connectivity index (χ3n) is 7.06. The van der Waals surface area contributed by atoms with Crippen LogP contribution in [0.1, 0.15) is 32.2 Å². The average molecular weight is 518 g/mol. The van der Waals surface area contributed by atoms with E-state index in [9.17, 15) is 4.39 Å². The van der Waals surface area contributed by atoms with Crippen LogP contribution in [0.15, 0.2) is 54.6 Å². The maximum absolute atomic E-state index is 13.6. The number of piperazine rings is 1. The lowest BCUT2D eigenvalue weighted by Crippen LogP contribution is -2.48. The SMILES string of the molecule is COc1cccc(OCCN2CCN(c3cc(C(C)(C)C)nc4c(-c5ccc(F)cc5)c(C)nn34)CC2)c1. The quantitative estimate of drug-likeness (QED) is 0.329. The van der Waals surface area contributed by atoms with Gasteiger partial charge in [0.1, 0.15) is 29.7 Å². The Labute approximate surface area is 223 Å². The molecule has 2 aromatic carbocycles. The van der Waals surface area contributed by atoms with Gasteiger partial charge in [-0.3, -0.25) is 4.90 Å². The molecule has 200 valence electrons. The van der Waals surface area contributed by atoms with Gasteiger partial charge in [0.2, 0.25) is 0 Å². The standard InChI is InChI=1S/C30H36FN5O2/c1-21-28(22-9-11-23(31)12-10-22)29-32-26(30(2,3)4)20-27(36(29)33-21)35-15-13-34(14-16-35)17-18-38-25-8-6-7-24(19-25)37-5/h6-12,19-20H,13-18H2,1-5H3. The van der Waals surface area contributed by atoms with Gasteiger partial charge >= 0.3 is 0 Å². The second-order valence-corrected chi connectivity index (χ2v) is 10.8. The van der Waals surface area contributed by atoms with Crippen molar-refractivity contribution < 1.29 is 13.9 Å². The zero-order valence-electron chi connectivity index (χ0n) is 22.9. The summed E-state index contributed by atoms with van der Waals surface area (Å²) in [6, 6.07) is 16.5. The molecule has 0 bridgehead atoms. The minimum atomic E-state index is -0.251. The first-order chi connectivity index (χ1) is 18.2. The molecule has 5 rings (SSSR count). The van der Waals surface area contributed by atoms with Crippen molar-refractivity contribution in [3.63, 3.8) is 0 Å². The Morgan fingerprint density at radius 1 is 0.947 bits per heavy atom. The zero-order chi connectivity index (χ0) is 26.9. The van der Waals surface area contributed by atoms with Crippen molar-refractivity contribution in [2.24, 2.45) is 0 Å². The van der Waals surface area contributed by atoms with Crippen LogP contribution in [0.2, 0.25) is 0 Å². The highest BCUT2D eigenvalue weighted by Gasteiger charge is 2.26. The van der Waals surface area contributed by atoms with E-state index < -0.39 is 0 Å². The molecule has 1 saturated heterocycles. The molecule has 0 N–H and O–H groups in total. The van der Waals surface area contributed by atoms with E-state index in [0.717, 1.165) is 78.2 Å². The van der Waals surface area contributed by atoms with Crippen LogP contribution in [0.5, 0.6) is 11.5 Å². The van der Waals surface area contributed by atoms with Crippen molar-refractivity contribution in [1.29, 1.82) is 0 Å². The molecule has 38 heavy (non-hydrogen) atoms. The summed E-state index contributed by atoms with van der Waals surface area (Å²) in [6.45, 7) is 13.6. The van der Waals surface area contributed by atoms with E-state index >= 15 is 0 Å². The Balaban J connectivity index is 1.35. The molecule has 4 aromatic rings. The summed E-state index contributed by atoms with van der Waals surface area (Å²) in [7, 11) is 1.66. The molecule has 0 unspecified atom stereocenters. The summed E-state index contributed by atoms with van der Waals surface area (Å²) in [4.78, 5) is 9.88. The molecule has 0 saturated carbocycles. The number of hydrogen-bond acceptors (Lipinski definition) is 6. The van der Waals surface area contributed by atoms with E-state index in [1.165, 1.54) is 12.1 Å². The van der Waals surface area contributed by atoms with E-state index in [1.54, 1.807) is 19.2 Å². The number of rotatable bonds is 7. The van der Waals surface area contributed by atoms with E-state index in [4.69, 9.17) is 19.6 Å². The summed E-state index contributed by atoms with van der Waals surface area (Å²) in [5.41, 5.74) is 4.44. The molecule has 0 atom stereocenters. The molecule has 7 nitrogen and oxygen atoms in total. The van der Waals surface area contributed by atoms with Gasteiger partial charge in [0, 0.05) is 55.8 Å². The molecular formula is C30H36FN5O2. The third kappa shape index (κ3) is 5.45. The van der Waals surface area contributed by atoms with Crippen molar-refractivity contribution in [3.05, 3.63) is 71.8 Å². The fourth-order valence-corrected chi connectivity index (χ4v) is 4.86. The number of aryl methyl sites for hydroxylation is 1. The van der Waals surface area contributed by atoms with Gasteiger partial charge in [-0.05, 0) is 36.8 Å². The van der Waals surface area contributed by atoms with Gasteiger partial charge in [0.05, 0.1) is 18.5 Å². The second kappa shape index (κ2) is 10.6. The maximum atomic E-state index is 13.6. The number of halogens is 1. The smallest absolute Gasteiger partial charge is 0.165 e. The highest BCUT2D eigenvalue weighted by molar-refractivity contribution is 5.81. The third-order valence-corrected chi connectivity index (χ3v) is 7.06. The Morgan fingerprint density at radius 3 is 2.34 bits per heavy atom. The first-order valence-electron chi connectivity index (χ1n) is 13.1. The first-order valence-corrected chi connectivity index (χ1v) is 13.1. The summed E-state index contributed by atoms with van der Waals surface area (Å²) in [6.07, 6.45) is 0. The summed E-state index contributed by atoms with van der Waals surface area (Å²) in [5, 5.41) is 4.90. The molecule has 2 aromatic heterocycles. The van der Waals surface area contributed by atoms with Crippen LogP contribution in [-0.4, -0.2) is 65.9 Å². The lowest BCUT2D eigenvalue weighted by atomic mass is 9.91. The highest BCUT2D eigenvalue weighted by Crippen LogP contribution is 2.33. The van der Waals surface area contributed by atoms with Gasteiger partial charge in [-0.1, -0.05) is 39.0 Å². The number of hydrogen-bond donors (Lipinski definition) is 0. The van der Waals surface area contributed by atoms with Crippen LogP contribution in [0.25, 0.3) is 16.8 Å². The zero-order valence-corrected chi connectivity index (χ0v) is 22.9. The van der Waals surface area contributed by atoms with Crippen molar-refractivity contribution in [2.45, 2.75) is 33.1 Å². The Morgan fingerprint density at radius 2 is 1.66 bits per heavy atom. The van der Waals surface area contributed by atoms with Gasteiger partial charge in [0.25, 0.3) is 0 Å². The Kier molecular flexibility index (Phi) is 7.25. The summed E-state index contributed by atoms with van der Waals surface area (Å²) in [5.74, 6) is 2.41. The van der Waals surface area contributed by atoms with Crippen LogP contribution in [0.3, 0.4) is 0 Å². The van der Waals surface area contributed by atoms with Gasteiger partial charge < -0.3 is 14.4 Å². The minimum absolute atomic E-state index is 0.131. The lowest BCUT2D eigenvalue weighted by molar-refractivity contribution is 0.200. The van der Waals surface area contributed by atoms with E-state index in [0.29, 0.717) is 6.61 Å². The number of benzene rings is 2. The van der Waals surface area contributed by atoms with Crippen LogP contribution < -0.4 is 14.4 Å². The number of nitrogens with zero attached hydrogens (tertiary/aromatic N) is 5. The predicted molar refractivity (Wildman–Crippen MR) is 149 cm³/mol. The number of fused-ring (bicyclic) bond motifs is 1. The fraction of sp³-hybridized carbons (Fsp3) is 0.400. The lowest BCUT2D eigenvalue weighted by Gasteiger charge is -2.36. The van der Waals surface area contributed by atoms with Gasteiger partial charge in [0.15, 0.2) is 5.65 Å². The molecule has 1 aliphatic rings. The maximum Gasteiger partial charge on any atom is 0.165 e. The van der Waals surface area contributed by atoms with Gasteiger partial charge in [-0.25, -0.2) is 9.37 Å². The Bertz CT molecular complexity index is 1400. The summed E-state index contributed by atoms with van der Waals surface area (Å²) < 4.78 is 26.8. The first kappa shape index (κ1) is 26.0. The van der Waals surface area contributed by atoms with Crippen molar-refractivity contribution >= 4 is 11.5 Å². The van der Waals surface area contributed by atoms with E-state index in [-0.39, 0.29) is 11.2 Å². The number of ether oxygens (including phenoxy) is 2. The molecule has 3 heterocycles. The average Bonchev–Trinajstić information content (AvgIpc) is 3.24. The fourth-order valence-electron chi connectivity index (χ4n) is 4.86. The van der Waals surface area contributed by atoms with Crippen LogP contribution in [0.4, 0.5) is 10.2 Å². The number of methoxy groups -OCH3 is 1. The molecule has 0 amide bonds. The van der Waals surface area contributed by atoms with Crippen LogP contribution in [-0.2, 0) is 5.41 Å². The van der Waals surface area contributed by atoms with Crippen molar-refractivity contribution in [3.8, 4) is 22.6 Å². The Hall–Kier alpha value is -3.65. The minimum Gasteiger partial charge on any atom is -0.497 e. The molecule has 1 aliphatic heterocycles. The molecule has 0 radical (unpaired) electrons. The second-order valence-electron chi connectivity index (χ2n) is 10.8. The molecule has 0 spiro atoms. The summed E-state index contributed by atoms with van der Waals surface area (Å²) >= 11 is 0. The van der Waals surface area contributed by atoms with E-state index in [1.807, 2.05) is 35.7 Å². The predicted octanol–water partition coefficient (Wildman–Crippen LogP) is 5.35. The van der Waals surface area contributed by atoms with Gasteiger partial charge in [-0.15, -0.1) is 0 Å². The van der Waals surface area contributed by atoms with Crippen molar-refractivity contribution in [2.75, 3.05) is 51.3 Å². The molecule has 1 fully saturated rings. The molecular weight excluding hydrogens is 481 g/mol. The van der Waals surface area contributed by atoms with Crippen LogP contribution >= 0.6 is 0 Å². The highest BCUT2D eigenvalue weighted by atomic mass is 19.1. The van der Waals surface area contributed by atoms with Gasteiger partial charge in [-0.2, -0.15) is 9.61 Å². The number of anilines is 1. The van der Waals surface area contributed by atoms with Crippen LogP contribution in [0, 0.1) is 12.7 Å². The number of aromatic nitrogens is 3. The molecule has 0 aliphatic carbocycles. The monoisotopic (exact) mass is 517 g/mol. The topological polar surface area (TPSA) is 55.1 Å². The van der Waals surface area contributed by atoms with Crippen molar-refractivity contribution in [1.82, 2.24) is 19.5 Å². The largest absolute Gasteiger partial charge is 0.497 e.